The zero-order valence-electron chi connectivity index (χ0n) is 22.5. The molecule has 1 saturated heterocycles. The second kappa shape index (κ2) is 10.0. The third-order valence-electron chi connectivity index (χ3n) is 8.13. The van der Waals surface area contributed by atoms with Crippen LogP contribution < -0.4 is 5.32 Å². The first-order valence-electron chi connectivity index (χ1n) is 13.6. The number of aromatic nitrogens is 5. The summed E-state index contributed by atoms with van der Waals surface area (Å²) in [6.45, 7) is 1.28. The highest BCUT2D eigenvalue weighted by molar-refractivity contribution is 6.30. The smallest absolute Gasteiger partial charge is 0.245 e. The molecule has 3 atom stereocenters. The number of rotatable bonds is 7. The fourth-order valence-corrected chi connectivity index (χ4v) is 6.14. The second-order valence-electron chi connectivity index (χ2n) is 10.8. The van der Waals surface area contributed by atoms with Crippen molar-refractivity contribution >= 4 is 45.7 Å². The molecular formula is C30H25ClFN7O3. The molecule has 2 amide bonds. The number of piperidine rings is 1. The van der Waals surface area contributed by atoms with Gasteiger partial charge >= 0.3 is 0 Å². The summed E-state index contributed by atoms with van der Waals surface area (Å²) in [5.41, 5.74) is 3.53. The quantitative estimate of drug-likeness (QED) is 0.288. The lowest BCUT2D eigenvalue weighted by Crippen LogP contribution is -2.48. The standard InChI is InChI=1S/C30H25ClFN7O3/c1-16(40)29-21-9-17(20-13-33-26-7-8-35-38(26)14-20)5-6-23(21)37(36-29)15-27(41)39-24-10-19(24)11-25(39)30(42)34-12-18-3-2-4-22(31)28(18)32/h2-9,13-14,19,24-25H,10-12,15H2,1H3,(H,34,42)/t19-,24?,25+/m1/s1. The number of fused-ring (bicyclic) bond motifs is 3. The number of halogens is 2. The summed E-state index contributed by atoms with van der Waals surface area (Å²) in [4.78, 5) is 45.4. The minimum absolute atomic E-state index is 0.0124. The third-order valence-corrected chi connectivity index (χ3v) is 8.42. The molecule has 1 aliphatic heterocycles. The molecule has 212 valence electrons. The average Bonchev–Trinajstić information content (AvgIpc) is 3.30. The van der Waals surface area contributed by atoms with E-state index in [9.17, 15) is 18.8 Å². The molecule has 1 unspecified atom stereocenters. The molecule has 2 aromatic carbocycles. The van der Waals surface area contributed by atoms with Crippen molar-refractivity contribution in [2.45, 2.75) is 44.9 Å². The molecule has 5 aromatic rings. The number of ketones is 1. The van der Waals surface area contributed by atoms with Gasteiger partial charge in [-0.2, -0.15) is 10.2 Å². The molecule has 10 nitrogen and oxygen atoms in total. The third kappa shape index (κ3) is 4.50. The van der Waals surface area contributed by atoms with Crippen LogP contribution in [0, 0.1) is 11.7 Å². The molecule has 0 bridgehead atoms. The lowest BCUT2D eigenvalue weighted by Gasteiger charge is -2.27. The number of nitrogens with zero attached hydrogens (tertiary/aromatic N) is 6. The fraction of sp³-hybridized carbons (Fsp3) is 0.267. The number of Topliss-reactive ketones (excluding diaryl/α,β-unsaturated/α-hetero) is 1. The van der Waals surface area contributed by atoms with E-state index in [1.807, 2.05) is 24.4 Å². The highest BCUT2D eigenvalue weighted by Crippen LogP contribution is 2.48. The maximum atomic E-state index is 14.3. The van der Waals surface area contributed by atoms with Gasteiger partial charge in [-0.05, 0) is 42.5 Å². The number of carbonyl (C=O) groups is 3. The molecule has 1 aliphatic carbocycles. The van der Waals surface area contributed by atoms with Crippen LogP contribution in [0.1, 0.15) is 35.8 Å². The minimum Gasteiger partial charge on any atom is -0.350 e. The van der Waals surface area contributed by atoms with E-state index in [4.69, 9.17) is 11.6 Å². The number of nitrogens with one attached hydrogen (secondary N) is 1. The van der Waals surface area contributed by atoms with Crippen LogP contribution in [-0.4, -0.2) is 59.0 Å². The van der Waals surface area contributed by atoms with Gasteiger partial charge in [0.05, 0.1) is 16.7 Å². The van der Waals surface area contributed by atoms with Crippen molar-refractivity contribution < 1.29 is 18.8 Å². The molecule has 1 N–H and O–H groups in total. The first-order valence-corrected chi connectivity index (χ1v) is 14.0. The van der Waals surface area contributed by atoms with Gasteiger partial charge < -0.3 is 10.2 Å². The van der Waals surface area contributed by atoms with E-state index in [0.717, 1.165) is 23.2 Å². The molecule has 7 rings (SSSR count). The first-order chi connectivity index (χ1) is 20.3. The molecule has 3 aromatic heterocycles. The summed E-state index contributed by atoms with van der Waals surface area (Å²) < 4.78 is 17.5. The normalized spacial score (nSPS) is 19.3. The number of benzene rings is 2. The van der Waals surface area contributed by atoms with Crippen molar-refractivity contribution in [1.29, 1.82) is 0 Å². The van der Waals surface area contributed by atoms with E-state index in [-0.39, 0.29) is 58.9 Å². The van der Waals surface area contributed by atoms with Crippen LogP contribution in [0.2, 0.25) is 5.02 Å². The van der Waals surface area contributed by atoms with E-state index in [0.29, 0.717) is 17.3 Å². The molecule has 12 heteroatoms. The van der Waals surface area contributed by atoms with Gasteiger partial charge in [0, 0.05) is 54.5 Å². The fourth-order valence-electron chi connectivity index (χ4n) is 5.94. The lowest BCUT2D eigenvalue weighted by atomic mass is 10.0. The zero-order chi connectivity index (χ0) is 29.1. The molecule has 42 heavy (non-hydrogen) atoms. The van der Waals surface area contributed by atoms with Gasteiger partial charge in [0.25, 0.3) is 0 Å². The van der Waals surface area contributed by atoms with Gasteiger partial charge in [0.2, 0.25) is 11.8 Å². The molecule has 0 radical (unpaired) electrons. The summed E-state index contributed by atoms with van der Waals surface area (Å²) in [6.07, 6.45) is 6.66. The van der Waals surface area contributed by atoms with Crippen LogP contribution in [0.15, 0.2) is 61.1 Å². The van der Waals surface area contributed by atoms with Crippen molar-refractivity contribution in [2.24, 2.45) is 5.92 Å². The van der Waals surface area contributed by atoms with Crippen LogP contribution >= 0.6 is 11.6 Å². The SMILES string of the molecule is CC(=O)c1nn(CC(=O)N2C3C[C@@H]3C[C@H]2C(=O)NCc2cccc(Cl)c2F)c2ccc(-c3cnc4ccnn4c3)cc12. The van der Waals surface area contributed by atoms with Crippen LogP contribution in [0.25, 0.3) is 27.7 Å². The highest BCUT2D eigenvalue weighted by atomic mass is 35.5. The molecule has 4 heterocycles. The Morgan fingerprint density at radius 3 is 2.81 bits per heavy atom. The van der Waals surface area contributed by atoms with Crippen molar-refractivity contribution in [3.63, 3.8) is 0 Å². The Bertz CT molecular complexity index is 1920. The van der Waals surface area contributed by atoms with Crippen molar-refractivity contribution in [3.05, 3.63) is 83.2 Å². The van der Waals surface area contributed by atoms with Crippen LogP contribution in [-0.2, 0) is 22.7 Å². The Kier molecular flexibility index (Phi) is 6.27. The van der Waals surface area contributed by atoms with E-state index in [2.05, 4.69) is 20.5 Å². The molecule has 2 aliphatic rings. The molecule has 2 fully saturated rings. The highest BCUT2D eigenvalue weighted by Gasteiger charge is 2.56. The van der Waals surface area contributed by atoms with E-state index in [1.54, 1.807) is 40.0 Å². The van der Waals surface area contributed by atoms with Crippen LogP contribution in [0.4, 0.5) is 4.39 Å². The Morgan fingerprint density at radius 1 is 1.12 bits per heavy atom. The largest absolute Gasteiger partial charge is 0.350 e. The van der Waals surface area contributed by atoms with Crippen LogP contribution in [0.5, 0.6) is 0 Å². The van der Waals surface area contributed by atoms with Gasteiger partial charge in [-0.3, -0.25) is 19.1 Å². The minimum atomic E-state index is -0.658. The summed E-state index contributed by atoms with van der Waals surface area (Å²) >= 11 is 5.87. The second-order valence-corrected chi connectivity index (χ2v) is 11.2. The molecular weight excluding hydrogens is 561 g/mol. The lowest BCUT2D eigenvalue weighted by molar-refractivity contribution is -0.140. The monoisotopic (exact) mass is 585 g/mol. The Balaban J connectivity index is 1.13. The molecule has 0 spiro atoms. The summed E-state index contributed by atoms with van der Waals surface area (Å²) in [6, 6.07) is 11.3. The first kappa shape index (κ1) is 26.3. The van der Waals surface area contributed by atoms with E-state index in [1.165, 1.54) is 17.7 Å². The van der Waals surface area contributed by atoms with Gasteiger partial charge in [-0.15, -0.1) is 0 Å². The molecule has 1 saturated carbocycles. The van der Waals surface area contributed by atoms with Crippen molar-refractivity contribution in [1.82, 2.24) is 34.6 Å². The Hall–Kier alpha value is -4.64. The van der Waals surface area contributed by atoms with E-state index < -0.39 is 11.9 Å². The number of likely N-dealkylation sites (tertiary alicyclic amines) is 1. The number of hydrogen-bond acceptors (Lipinski definition) is 6. The predicted octanol–water partition coefficient (Wildman–Crippen LogP) is 4.05. The number of hydrogen-bond donors (Lipinski definition) is 1. The summed E-state index contributed by atoms with van der Waals surface area (Å²) in [5, 5.41) is 12.1. The maximum absolute atomic E-state index is 14.3. The summed E-state index contributed by atoms with van der Waals surface area (Å²) in [7, 11) is 0. The van der Waals surface area contributed by atoms with Gasteiger partial charge in [-0.25, -0.2) is 13.9 Å². The number of amides is 2. The Morgan fingerprint density at radius 2 is 1.98 bits per heavy atom. The van der Waals surface area contributed by atoms with Crippen LogP contribution in [0.3, 0.4) is 0 Å². The topological polar surface area (TPSA) is 114 Å². The van der Waals surface area contributed by atoms with Crippen molar-refractivity contribution in [2.75, 3.05) is 0 Å². The van der Waals surface area contributed by atoms with Gasteiger partial charge in [0.1, 0.15) is 24.1 Å². The van der Waals surface area contributed by atoms with E-state index >= 15 is 0 Å². The zero-order valence-corrected chi connectivity index (χ0v) is 23.3. The van der Waals surface area contributed by atoms with Crippen molar-refractivity contribution in [3.8, 4) is 11.1 Å². The van der Waals surface area contributed by atoms with Gasteiger partial charge in [-0.1, -0.05) is 29.8 Å². The average molecular weight is 586 g/mol. The maximum Gasteiger partial charge on any atom is 0.245 e. The number of carbonyl (C=O) groups excluding carboxylic acids is 3. The summed E-state index contributed by atoms with van der Waals surface area (Å²) in [5.74, 6) is -1.13. The Labute approximate surface area is 244 Å². The van der Waals surface area contributed by atoms with Gasteiger partial charge in [0.15, 0.2) is 11.4 Å². The predicted molar refractivity (Wildman–Crippen MR) is 152 cm³/mol.